The monoisotopic (exact) mass is 431 g/mol. The Hall–Kier alpha value is -2.84. The Kier molecular flexibility index (Phi) is 5.06. The molecule has 0 unspecified atom stereocenters. The van der Waals surface area contributed by atoms with Crippen molar-refractivity contribution in [3.63, 3.8) is 0 Å². The molecule has 0 saturated carbocycles. The van der Waals surface area contributed by atoms with Crippen molar-refractivity contribution in [2.24, 2.45) is 0 Å². The number of ether oxygens (including phenoxy) is 1. The van der Waals surface area contributed by atoms with E-state index in [4.69, 9.17) is 16.3 Å². The summed E-state index contributed by atoms with van der Waals surface area (Å²) in [4.78, 5) is 12.8. The van der Waals surface area contributed by atoms with E-state index >= 15 is 0 Å². The van der Waals surface area contributed by atoms with Gasteiger partial charge in [0.1, 0.15) is 11.6 Å². The molecule has 3 aromatic rings. The molecule has 0 bridgehead atoms. The van der Waals surface area contributed by atoms with Gasteiger partial charge in [-0.2, -0.15) is 5.10 Å². The number of halogens is 1. The first-order chi connectivity index (χ1) is 13.8. The number of nitrogens with one attached hydrogen (secondary N) is 1. The number of benzene rings is 2. The number of para-hydroxylation sites is 1. The van der Waals surface area contributed by atoms with Gasteiger partial charge < -0.3 is 10.1 Å². The van der Waals surface area contributed by atoms with Gasteiger partial charge in [0.25, 0.3) is 5.91 Å². The summed E-state index contributed by atoms with van der Waals surface area (Å²) in [6, 6.07) is 15.9. The molecule has 29 heavy (non-hydrogen) atoms. The molecule has 1 aliphatic rings. The van der Waals surface area contributed by atoms with Crippen molar-refractivity contribution in [2.75, 3.05) is 5.32 Å². The number of fused-ring (bicyclic) bond motifs is 1. The molecule has 1 aliphatic heterocycles. The molecule has 7 nitrogen and oxygen atoms in total. The van der Waals surface area contributed by atoms with Crippen LogP contribution < -0.4 is 10.1 Å². The summed E-state index contributed by atoms with van der Waals surface area (Å²) < 4.78 is 31.3. The van der Waals surface area contributed by atoms with Crippen molar-refractivity contribution >= 4 is 33.2 Å². The Labute approximate surface area is 173 Å². The van der Waals surface area contributed by atoms with E-state index in [0.29, 0.717) is 33.5 Å². The zero-order chi connectivity index (χ0) is 20.6. The lowest BCUT2D eigenvalue weighted by atomic mass is 10.2. The van der Waals surface area contributed by atoms with E-state index in [1.807, 2.05) is 18.2 Å². The average Bonchev–Trinajstić information content (AvgIpc) is 3.15. The van der Waals surface area contributed by atoms with Crippen molar-refractivity contribution in [2.45, 2.75) is 24.5 Å². The highest BCUT2D eigenvalue weighted by Gasteiger charge is 2.33. The average molecular weight is 432 g/mol. The lowest BCUT2D eigenvalue weighted by molar-refractivity contribution is -0.122. The number of anilines is 1. The minimum atomic E-state index is -3.27. The van der Waals surface area contributed by atoms with Crippen LogP contribution in [0, 0.1) is 0 Å². The SMILES string of the molecule is C[C@@H](Oc1ccccc1)C(=O)Nc1c2c(nn1-c1ccc(Cl)cc1)CS(=O)(=O)C2. The molecule has 0 spiro atoms. The fraction of sp³-hybridized carbons (Fsp3) is 0.200. The van der Waals surface area contributed by atoms with Gasteiger partial charge in [-0.15, -0.1) is 0 Å². The van der Waals surface area contributed by atoms with Crippen LogP contribution in [0.15, 0.2) is 54.6 Å². The topological polar surface area (TPSA) is 90.3 Å². The summed E-state index contributed by atoms with van der Waals surface area (Å²) in [6.45, 7) is 1.63. The van der Waals surface area contributed by atoms with Crippen LogP contribution in [-0.2, 0) is 26.1 Å². The van der Waals surface area contributed by atoms with Gasteiger partial charge in [0.2, 0.25) is 0 Å². The largest absolute Gasteiger partial charge is 0.481 e. The molecule has 1 N–H and O–H groups in total. The molecular weight excluding hydrogens is 414 g/mol. The minimum absolute atomic E-state index is 0.151. The second-order valence-corrected chi connectivity index (χ2v) is 9.26. The van der Waals surface area contributed by atoms with Crippen molar-refractivity contribution in [1.82, 2.24) is 9.78 Å². The summed E-state index contributed by atoms with van der Waals surface area (Å²) in [7, 11) is -3.27. The normalized spacial score (nSPS) is 15.5. The van der Waals surface area contributed by atoms with Crippen LogP contribution in [0.4, 0.5) is 5.82 Å². The Morgan fingerprint density at radius 1 is 1.14 bits per heavy atom. The molecule has 1 amide bonds. The summed E-state index contributed by atoms with van der Waals surface area (Å²) in [5.41, 5.74) is 1.60. The number of sulfone groups is 1. The van der Waals surface area contributed by atoms with Gasteiger partial charge in [-0.25, -0.2) is 13.1 Å². The highest BCUT2D eigenvalue weighted by atomic mass is 35.5. The maximum atomic E-state index is 12.8. The summed E-state index contributed by atoms with van der Waals surface area (Å²) >= 11 is 5.96. The number of carbonyl (C=O) groups excluding carboxylic acids is 1. The van der Waals surface area contributed by atoms with Crippen molar-refractivity contribution in [3.05, 3.63) is 70.9 Å². The molecule has 0 saturated heterocycles. The van der Waals surface area contributed by atoms with Crippen LogP contribution in [0.25, 0.3) is 5.69 Å². The summed E-state index contributed by atoms with van der Waals surface area (Å²) in [5.74, 6) is 0.170. The highest BCUT2D eigenvalue weighted by Crippen LogP contribution is 2.33. The van der Waals surface area contributed by atoms with E-state index in [-0.39, 0.29) is 11.5 Å². The van der Waals surface area contributed by atoms with E-state index in [2.05, 4.69) is 10.4 Å². The number of rotatable bonds is 5. The number of carbonyl (C=O) groups is 1. The van der Waals surface area contributed by atoms with E-state index in [1.165, 1.54) is 4.68 Å². The van der Waals surface area contributed by atoms with Crippen molar-refractivity contribution < 1.29 is 17.9 Å². The minimum Gasteiger partial charge on any atom is -0.481 e. The molecular formula is C20H18ClN3O4S. The fourth-order valence-electron chi connectivity index (χ4n) is 3.12. The molecule has 150 valence electrons. The van der Waals surface area contributed by atoms with Gasteiger partial charge in [-0.1, -0.05) is 29.8 Å². The first kappa shape index (κ1) is 19.5. The third-order valence-corrected chi connectivity index (χ3v) is 6.22. The van der Waals surface area contributed by atoms with E-state index < -0.39 is 21.8 Å². The van der Waals surface area contributed by atoms with E-state index in [0.717, 1.165) is 0 Å². The summed E-state index contributed by atoms with van der Waals surface area (Å²) in [6.07, 6.45) is -0.792. The third-order valence-electron chi connectivity index (χ3n) is 4.53. The molecule has 0 fully saturated rings. The predicted octanol–water partition coefficient (Wildman–Crippen LogP) is 3.36. The molecule has 1 aromatic heterocycles. The van der Waals surface area contributed by atoms with Crippen LogP contribution in [0.2, 0.25) is 5.02 Å². The molecule has 0 aliphatic carbocycles. The van der Waals surface area contributed by atoms with Crippen LogP contribution in [0.1, 0.15) is 18.2 Å². The number of hydrogen-bond acceptors (Lipinski definition) is 5. The van der Waals surface area contributed by atoms with Gasteiger partial charge >= 0.3 is 0 Å². The Bertz CT molecular complexity index is 1160. The maximum absolute atomic E-state index is 12.8. The zero-order valence-electron chi connectivity index (χ0n) is 15.5. The van der Waals surface area contributed by atoms with Crippen LogP contribution in [-0.4, -0.2) is 30.2 Å². The lowest BCUT2D eigenvalue weighted by Gasteiger charge is -2.16. The van der Waals surface area contributed by atoms with Gasteiger partial charge in [-0.3, -0.25) is 4.79 Å². The predicted molar refractivity (Wildman–Crippen MR) is 110 cm³/mol. The van der Waals surface area contributed by atoms with Gasteiger partial charge in [0.15, 0.2) is 15.9 Å². The summed E-state index contributed by atoms with van der Waals surface area (Å²) in [5, 5.41) is 7.78. The molecule has 1 atom stereocenters. The molecule has 2 aromatic carbocycles. The second kappa shape index (κ2) is 7.53. The fourth-order valence-corrected chi connectivity index (χ4v) is 4.73. The Balaban J connectivity index is 1.65. The number of aromatic nitrogens is 2. The van der Waals surface area contributed by atoms with E-state index in [9.17, 15) is 13.2 Å². The molecule has 0 radical (unpaired) electrons. The van der Waals surface area contributed by atoms with Gasteiger partial charge in [-0.05, 0) is 43.3 Å². The van der Waals surface area contributed by atoms with Crippen LogP contribution >= 0.6 is 11.6 Å². The smallest absolute Gasteiger partial charge is 0.266 e. The third kappa shape index (κ3) is 4.13. The molecule has 4 rings (SSSR count). The number of nitrogens with zero attached hydrogens (tertiary/aromatic N) is 2. The van der Waals surface area contributed by atoms with Gasteiger partial charge in [0, 0.05) is 10.6 Å². The second-order valence-electron chi connectivity index (χ2n) is 6.76. The van der Waals surface area contributed by atoms with E-state index in [1.54, 1.807) is 43.3 Å². The van der Waals surface area contributed by atoms with Gasteiger partial charge in [0.05, 0.1) is 22.9 Å². The Morgan fingerprint density at radius 2 is 1.83 bits per heavy atom. The first-order valence-corrected chi connectivity index (χ1v) is 11.1. The first-order valence-electron chi connectivity index (χ1n) is 8.92. The Morgan fingerprint density at radius 3 is 2.52 bits per heavy atom. The van der Waals surface area contributed by atoms with Crippen LogP contribution in [0.3, 0.4) is 0 Å². The zero-order valence-corrected chi connectivity index (χ0v) is 17.1. The highest BCUT2D eigenvalue weighted by molar-refractivity contribution is 7.90. The lowest BCUT2D eigenvalue weighted by Crippen LogP contribution is -2.31. The number of hydrogen-bond donors (Lipinski definition) is 1. The molecule has 2 heterocycles. The standard InChI is InChI=1S/C20H18ClN3O4S/c1-13(28-16-5-3-2-4-6-16)20(25)22-19-17-11-29(26,27)12-18(17)23-24(19)15-9-7-14(21)8-10-15/h2-10,13H,11-12H2,1H3,(H,22,25)/t13-/m1/s1. The van der Waals surface area contributed by atoms with Crippen molar-refractivity contribution in [3.8, 4) is 11.4 Å². The van der Waals surface area contributed by atoms with Crippen LogP contribution in [0.5, 0.6) is 5.75 Å². The van der Waals surface area contributed by atoms with Crippen molar-refractivity contribution in [1.29, 1.82) is 0 Å². The maximum Gasteiger partial charge on any atom is 0.266 e. The number of amides is 1. The quantitative estimate of drug-likeness (QED) is 0.669. The molecule has 9 heteroatoms.